The molecule has 0 aromatic rings. The van der Waals surface area contributed by atoms with E-state index in [9.17, 15) is 28.5 Å². The summed E-state index contributed by atoms with van der Waals surface area (Å²) in [6, 6.07) is 0. The third-order valence-corrected chi connectivity index (χ3v) is 11.7. The zero-order valence-electron chi connectivity index (χ0n) is 38.9. The number of rotatable bonds is 43. The third kappa shape index (κ3) is 33.8. The lowest BCUT2D eigenvalue weighted by Crippen LogP contribution is -2.60. The van der Waals surface area contributed by atoms with Gasteiger partial charge >= 0.3 is 16.4 Å². The van der Waals surface area contributed by atoms with Gasteiger partial charge in [0.05, 0.1) is 19.8 Å². The third-order valence-electron chi connectivity index (χ3n) is 11.3. The lowest BCUT2D eigenvalue weighted by atomic mass is 9.99. The Hall–Kier alpha value is -1.68. The van der Waals surface area contributed by atoms with Crippen molar-refractivity contribution in [2.75, 3.05) is 26.4 Å². The van der Waals surface area contributed by atoms with Crippen LogP contribution in [0.2, 0.25) is 0 Å². The summed E-state index contributed by atoms with van der Waals surface area (Å²) in [7, 11) is -5.06. The maximum absolute atomic E-state index is 12.8. The number of hydrogen-bond donors (Lipinski definition) is 4. The highest BCUT2D eigenvalue weighted by Crippen LogP contribution is 2.26. The molecule has 1 aliphatic heterocycles. The minimum Gasteiger partial charge on any atom is -0.457 e. The predicted molar refractivity (Wildman–Crippen MR) is 248 cm³/mol. The Balaban J connectivity index is 2.32. The first-order valence-corrected chi connectivity index (χ1v) is 26.1. The fourth-order valence-corrected chi connectivity index (χ4v) is 8.01. The van der Waals surface area contributed by atoms with Gasteiger partial charge in [-0.3, -0.25) is 9.35 Å². The smallest absolute Gasteiger partial charge is 0.397 e. The second kappa shape index (κ2) is 40.8. The summed E-state index contributed by atoms with van der Waals surface area (Å²) >= 11 is 0. The van der Waals surface area contributed by atoms with Crippen LogP contribution in [0, 0.1) is 0 Å². The summed E-state index contributed by atoms with van der Waals surface area (Å²) in [5.41, 5.74) is 0. The van der Waals surface area contributed by atoms with Gasteiger partial charge in [0.25, 0.3) is 0 Å². The maximum atomic E-state index is 12.8. The molecule has 0 aliphatic carbocycles. The van der Waals surface area contributed by atoms with Crippen LogP contribution in [0.3, 0.4) is 0 Å². The van der Waals surface area contributed by atoms with Crippen molar-refractivity contribution in [1.82, 2.24) is 0 Å². The average molecular weight is 903 g/mol. The Labute approximate surface area is 377 Å². The fraction of sp³-hybridized carbons (Fsp3) is 0.857. The van der Waals surface area contributed by atoms with Gasteiger partial charge in [0, 0.05) is 13.0 Å². The molecule has 0 saturated carbocycles. The molecule has 1 heterocycles. The van der Waals surface area contributed by atoms with Crippen LogP contribution in [0.4, 0.5) is 0 Å². The second-order valence-electron chi connectivity index (χ2n) is 17.1. The fourth-order valence-electron chi connectivity index (χ4n) is 7.50. The van der Waals surface area contributed by atoms with Crippen molar-refractivity contribution < 1.29 is 56.2 Å². The molecule has 4 N–H and O–H groups in total. The van der Waals surface area contributed by atoms with Crippen molar-refractivity contribution in [2.24, 2.45) is 0 Å². The van der Waals surface area contributed by atoms with E-state index in [1.165, 1.54) is 122 Å². The highest BCUT2D eigenvalue weighted by molar-refractivity contribution is 7.80. The van der Waals surface area contributed by atoms with Crippen molar-refractivity contribution in [3.63, 3.8) is 0 Å². The molecule has 0 radical (unpaired) electrons. The minimum atomic E-state index is -5.06. The summed E-state index contributed by atoms with van der Waals surface area (Å²) in [6.45, 7) is 3.97. The summed E-state index contributed by atoms with van der Waals surface area (Å²) < 4.78 is 59.1. The molecule has 364 valence electrons. The molecular weight excluding hydrogens is 813 g/mol. The van der Waals surface area contributed by atoms with Crippen LogP contribution < -0.4 is 0 Å². The number of ether oxygens (including phenoxy) is 4. The zero-order valence-corrected chi connectivity index (χ0v) is 39.7. The largest absolute Gasteiger partial charge is 0.457 e. The maximum Gasteiger partial charge on any atom is 0.397 e. The van der Waals surface area contributed by atoms with E-state index in [1.54, 1.807) is 0 Å². The highest BCUT2D eigenvalue weighted by atomic mass is 32.3. The second-order valence-corrected chi connectivity index (χ2v) is 18.1. The van der Waals surface area contributed by atoms with Crippen LogP contribution in [0.5, 0.6) is 0 Å². The van der Waals surface area contributed by atoms with Gasteiger partial charge in [0.2, 0.25) is 0 Å². The van der Waals surface area contributed by atoms with Crippen molar-refractivity contribution in [2.45, 2.75) is 243 Å². The van der Waals surface area contributed by atoms with Crippen molar-refractivity contribution in [3.05, 3.63) is 36.5 Å². The van der Waals surface area contributed by atoms with E-state index in [0.717, 1.165) is 57.8 Å². The highest BCUT2D eigenvalue weighted by Gasteiger charge is 2.48. The quantitative estimate of drug-likeness (QED) is 0.0197. The standard InChI is InChI=1S/C49H90O12S/c1-3-5-7-9-11-13-15-16-17-18-19-20-21-22-23-24-25-26-27-29-31-33-35-37-39-57-41-43(59-45(51)38-36-34-32-30-28-14-12-10-8-6-4-2)42-58-49-47(53)48(61-62(54,55)56)46(52)44(40-50)60-49/h15-16,18-19,21-22,43-44,46-50,52-53H,3-14,17,20,23-42H2,1-2H3,(H,54,55,56)/b16-15-,19-18-,22-21-. The molecule has 0 aromatic carbocycles. The molecule has 13 heteroatoms. The van der Waals surface area contributed by atoms with Crippen LogP contribution in [-0.2, 0) is 38.3 Å². The Morgan fingerprint density at radius 2 is 1.06 bits per heavy atom. The number of unbranched alkanes of at least 4 members (excludes halogenated alkanes) is 24. The number of carbonyl (C=O) groups is 1. The normalized spacial score (nSPS) is 20.3. The minimum absolute atomic E-state index is 0.0344. The summed E-state index contributed by atoms with van der Waals surface area (Å²) in [4.78, 5) is 12.8. The lowest BCUT2D eigenvalue weighted by molar-refractivity contribution is -0.301. The summed E-state index contributed by atoms with van der Waals surface area (Å²) in [6.07, 6.45) is 39.0. The van der Waals surface area contributed by atoms with Gasteiger partial charge in [-0.2, -0.15) is 8.42 Å². The number of allylic oxidation sites excluding steroid dienone is 6. The molecule has 1 saturated heterocycles. The molecule has 0 spiro atoms. The Morgan fingerprint density at radius 1 is 0.613 bits per heavy atom. The molecular formula is C49H90O12S. The van der Waals surface area contributed by atoms with Crippen LogP contribution in [-0.4, -0.2) is 97.5 Å². The van der Waals surface area contributed by atoms with E-state index in [1.807, 2.05) is 0 Å². The molecule has 1 aliphatic rings. The molecule has 12 nitrogen and oxygen atoms in total. The Bertz CT molecular complexity index is 1230. The van der Waals surface area contributed by atoms with Crippen LogP contribution in [0.25, 0.3) is 0 Å². The van der Waals surface area contributed by atoms with Crippen molar-refractivity contribution in [1.29, 1.82) is 0 Å². The molecule has 6 atom stereocenters. The van der Waals surface area contributed by atoms with E-state index < -0.39 is 59.8 Å². The first kappa shape index (κ1) is 58.3. The van der Waals surface area contributed by atoms with Gasteiger partial charge in [-0.25, -0.2) is 4.18 Å². The van der Waals surface area contributed by atoms with E-state index in [4.69, 9.17) is 23.5 Å². The number of hydrogen-bond acceptors (Lipinski definition) is 11. The van der Waals surface area contributed by atoms with Gasteiger partial charge in [0.1, 0.15) is 30.5 Å². The molecule has 1 rings (SSSR count). The van der Waals surface area contributed by atoms with Crippen LogP contribution >= 0.6 is 0 Å². The van der Waals surface area contributed by atoms with E-state index in [2.05, 4.69) is 54.5 Å². The zero-order chi connectivity index (χ0) is 45.4. The Morgan fingerprint density at radius 3 is 1.55 bits per heavy atom. The van der Waals surface area contributed by atoms with Gasteiger partial charge in [-0.15, -0.1) is 0 Å². The van der Waals surface area contributed by atoms with E-state index in [-0.39, 0.29) is 19.6 Å². The van der Waals surface area contributed by atoms with Crippen molar-refractivity contribution in [3.8, 4) is 0 Å². The van der Waals surface area contributed by atoms with Gasteiger partial charge in [-0.05, 0) is 51.4 Å². The monoisotopic (exact) mass is 903 g/mol. The molecule has 0 aromatic heterocycles. The van der Waals surface area contributed by atoms with E-state index >= 15 is 0 Å². The molecule has 0 bridgehead atoms. The van der Waals surface area contributed by atoms with Crippen molar-refractivity contribution >= 4 is 16.4 Å². The lowest BCUT2D eigenvalue weighted by Gasteiger charge is -2.41. The van der Waals surface area contributed by atoms with Gasteiger partial charge < -0.3 is 34.3 Å². The predicted octanol–water partition coefficient (Wildman–Crippen LogP) is 11.0. The summed E-state index contributed by atoms with van der Waals surface area (Å²) in [5, 5.41) is 30.7. The number of aliphatic hydroxyl groups is 3. The number of carbonyl (C=O) groups excluding carboxylic acids is 1. The summed E-state index contributed by atoms with van der Waals surface area (Å²) in [5.74, 6) is -0.402. The van der Waals surface area contributed by atoms with E-state index in [0.29, 0.717) is 13.0 Å². The Kier molecular flexibility index (Phi) is 38.4. The van der Waals surface area contributed by atoms with Gasteiger partial charge in [0.15, 0.2) is 6.29 Å². The molecule has 1 fully saturated rings. The first-order valence-electron chi connectivity index (χ1n) is 24.7. The van der Waals surface area contributed by atoms with Gasteiger partial charge in [-0.1, -0.05) is 185 Å². The number of esters is 1. The molecule has 0 amide bonds. The number of aliphatic hydroxyl groups excluding tert-OH is 3. The topological polar surface area (TPSA) is 178 Å². The van der Waals surface area contributed by atoms with Crippen LogP contribution in [0.15, 0.2) is 36.5 Å². The van der Waals surface area contributed by atoms with Crippen LogP contribution in [0.1, 0.15) is 206 Å². The first-order chi connectivity index (χ1) is 30.1. The SMILES string of the molecule is CCCCCCC/C=C\C/C=C\C/C=C\CCCCCCCCCCCOCC(COC1OC(CO)C(O)C(OS(=O)(=O)O)C1O)OC(=O)CCCCCCCCCCCCC. The molecule has 62 heavy (non-hydrogen) atoms. The molecule has 6 unspecified atom stereocenters. The average Bonchev–Trinajstić information content (AvgIpc) is 3.24.